The van der Waals surface area contributed by atoms with Crippen molar-refractivity contribution in [3.05, 3.63) is 11.2 Å². The Balaban J connectivity index is 2.81. The summed E-state index contributed by atoms with van der Waals surface area (Å²) in [6.45, 7) is 2.86. The van der Waals surface area contributed by atoms with Gasteiger partial charge in [-0.2, -0.15) is 0 Å². The first-order valence-corrected chi connectivity index (χ1v) is 6.13. The Morgan fingerprint density at radius 2 is 2.29 bits per heavy atom. The maximum atomic E-state index is 11.5. The molecule has 5 nitrogen and oxygen atoms in total. The zero-order valence-corrected chi connectivity index (χ0v) is 9.41. The van der Waals surface area contributed by atoms with E-state index in [4.69, 9.17) is 0 Å². The maximum absolute atomic E-state index is 11.5. The minimum Gasteiger partial charge on any atom is -0.299 e. The second kappa shape index (κ2) is 4.16. The van der Waals surface area contributed by atoms with Crippen LogP contribution in [0.1, 0.15) is 11.9 Å². The van der Waals surface area contributed by atoms with Gasteiger partial charge >= 0.3 is 0 Å². The van der Waals surface area contributed by atoms with Gasteiger partial charge in [-0.3, -0.25) is 4.79 Å². The van der Waals surface area contributed by atoms with E-state index >= 15 is 0 Å². The van der Waals surface area contributed by atoms with Gasteiger partial charge < -0.3 is 0 Å². The van der Waals surface area contributed by atoms with Gasteiger partial charge in [0.15, 0.2) is 4.21 Å². The van der Waals surface area contributed by atoms with Crippen LogP contribution in [0.25, 0.3) is 0 Å². The lowest BCUT2D eigenvalue weighted by Gasteiger charge is -2.00. The van der Waals surface area contributed by atoms with Crippen LogP contribution in [-0.4, -0.2) is 25.7 Å². The first-order chi connectivity index (χ1) is 6.42. The highest BCUT2D eigenvalue weighted by Crippen LogP contribution is 2.16. The number of hydrogen-bond donors (Lipinski definition) is 1. The Morgan fingerprint density at radius 1 is 1.64 bits per heavy atom. The van der Waals surface area contributed by atoms with Crippen molar-refractivity contribution in [2.24, 2.45) is 0 Å². The molecule has 1 rings (SSSR count). The second-order valence-corrected chi connectivity index (χ2v) is 5.95. The first-order valence-electron chi connectivity index (χ1n) is 3.83. The molecule has 1 aromatic rings. The van der Waals surface area contributed by atoms with Gasteiger partial charge in [0.05, 0.1) is 17.7 Å². The number of hydrogen-bond acceptors (Lipinski definition) is 5. The zero-order chi connectivity index (χ0) is 10.8. The lowest BCUT2D eigenvalue weighted by atomic mass is 10.5. The van der Waals surface area contributed by atoms with Crippen LogP contribution >= 0.6 is 11.3 Å². The lowest BCUT2D eigenvalue weighted by molar-refractivity contribution is -0.115. The van der Waals surface area contributed by atoms with Crippen molar-refractivity contribution in [3.8, 4) is 0 Å². The van der Waals surface area contributed by atoms with Gasteiger partial charge in [-0.25, -0.2) is 18.1 Å². The maximum Gasteiger partial charge on any atom is 0.252 e. The van der Waals surface area contributed by atoms with Crippen LogP contribution in [0.4, 0.5) is 0 Å². The molecule has 0 spiro atoms. The van der Waals surface area contributed by atoms with Crippen molar-refractivity contribution in [1.82, 2.24) is 9.71 Å². The molecule has 1 N–H and O–H groups in total. The van der Waals surface area contributed by atoms with Crippen LogP contribution in [0.3, 0.4) is 0 Å². The SMILES string of the molecule is CC(=O)CNS(=O)(=O)c1cnc(C)s1. The van der Waals surface area contributed by atoms with Crippen LogP contribution < -0.4 is 4.72 Å². The third-order valence-electron chi connectivity index (χ3n) is 1.38. The van der Waals surface area contributed by atoms with Crippen LogP contribution in [0.2, 0.25) is 0 Å². The zero-order valence-electron chi connectivity index (χ0n) is 7.77. The number of carbonyl (C=O) groups is 1. The predicted molar refractivity (Wildman–Crippen MR) is 52.7 cm³/mol. The smallest absolute Gasteiger partial charge is 0.252 e. The molecule has 0 aromatic carbocycles. The molecule has 0 amide bonds. The number of aromatic nitrogens is 1. The molecule has 0 unspecified atom stereocenters. The van der Waals surface area contributed by atoms with Crippen LogP contribution in [0.15, 0.2) is 10.4 Å². The Kier molecular flexibility index (Phi) is 3.35. The quantitative estimate of drug-likeness (QED) is 0.814. The van der Waals surface area contributed by atoms with Crippen LogP contribution in [0.5, 0.6) is 0 Å². The molecule has 0 bridgehead atoms. The summed E-state index contributed by atoms with van der Waals surface area (Å²) in [5.41, 5.74) is 0. The Bertz CT molecular complexity index is 436. The fraction of sp³-hybridized carbons (Fsp3) is 0.429. The van der Waals surface area contributed by atoms with Crippen molar-refractivity contribution in [2.45, 2.75) is 18.1 Å². The Morgan fingerprint density at radius 3 is 2.71 bits per heavy atom. The van der Waals surface area contributed by atoms with E-state index in [0.717, 1.165) is 11.3 Å². The number of Topliss-reactive ketones (excluding diaryl/α,β-unsaturated/α-hetero) is 1. The van der Waals surface area contributed by atoms with Crippen molar-refractivity contribution < 1.29 is 13.2 Å². The molecule has 1 aromatic heterocycles. The monoisotopic (exact) mass is 234 g/mol. The fourth-order valence-corrected chi connectivity index (χ4v) is 2.94. The fourth-order valence-electron chi connectivity index (χ4n) is 0.734. The van der Waals surface area contributed by atoms with Crippen LogP contribution in [0, 0.1) is 6.92 Å². The highest BCUT2D eigenvalue weighted by molar-refractivity contribution is 7.91. The molecule has 1 heterocycles. The highest BCUT2D eigenvalue weighted by atomic mass is 32.2. The molecule has 0 saturated carbocycles. The first kappa shape index (κ1) is 11.3. The van der Waals surface area contributed by atoms with Gasteiger partial charge in [0, 0.05) is 0 Å². The van der Waals surface area contributed by atoms with Crippen LogP contribution in [-0.2, 0) is 14.8 Å². The summed E-state index contributed by atoms with van der Waals surface area (Å²) >= 11 is 1.07. The van der Waals surface area contributed by atoms with E-state index in [2.05, 4.69) is 9.71 Å². The minimum absolute atomic E-state index is 0.135. The van der Waals surface area contributed by atoms with Crippen molar-refractivity contribution in [3.63, 3.8) is 0 Å². The normalized spacial score (nSPS) is 11.6. The number of carbonyl (C=O) groups excluding carboxylic acids is 1. The number of nitrogens with one attached hydrogen (secondary N) is 1. The van der Waals surface area contributed by atoms with E-state index < -0.39 is 10.0 Å². The van der Waals surface area contributed by atoms with E-state index in [-0.39, 0.29) is 16.5 Å². The number of sulfonamides is 1. The van der Waals surface area contributed by atoms with Gasteiger partial charge in [0.25, 0.3) is 10.0 Å². The molecule has 14 heavy (non-hydrogen) atoms. The van der Waals surface area contributed by atoms with E-state index in [1.54, 1.807) is 6.92 Å². The minimum atomic E-state index is -3.55. The number of thiazole rings is 1. The van der Waals surface area contributed by atoms with Crippen molar-refractivity contribution >= 4 is 27.1 Å². The molecular weight excluding hydrogens is 224 g/mol. The summed E-state index contributed by atoms with van der Waals surface area (Å²) in [7, 11) is -3.55. The number of nitrogens with zero attached hydrogens (tertiary/aromatic N) is 1. The number of ketones is 1. The molecule has 0 aliphatic rings. The van der Waals surface area contributed by atoms with Gasteiger partial charge in [-0.05, 0) is 13.8 Å². The average molecular weight is 234 g/mol. The Hall–Kier alpha value is -0.790. The molecule has 0 aliphatic carbocycles. The summed E-state index contributed by atoms with van der Waals surface area (Å²) < 4.78 is 25.2. The van der Waals surface area contributed by atoms with Gasteiger partial charge in [0.2, 0.25) is 0 Å². The van der Waals surface area contributed by atoms with E-state index in [9.17, 15) is 13.2 Å². The third kappa shape index (κ3) is 2.86. The average Bonchev–Trinajstić information content (AvgIpc) is 2.49. The van der Waals surface area contributed by atoms with Gasteiger partial charge in [0.1, 0.15) is 5.78 Å². The lowest BCUT2D eigenvalue weighted by Crippen LogP contribution is -2.27. The standard InChI is InChI=1S/C7H10N2O3S2/c1-5(10)3-9-14(11,12)7-4-8-6(2)13-7/h4,9H,3H2,1-2H3. The summed E-state index contributed by atoms with van der Waals surface area (Å²) in [5, 5.41) is 0.674. The molecular formula is C7H10N2O3S2. The highest BCUT2D eigenvalue weighted by Gasteiger charge is 2.16. The molecule has 0 saturated heterocycles. The van der Waals surface area contributed by atoms with E-state index in [1.807, 2.05) is 0 Å². The summed E-state index contributed by atoms with van der Waals surface area (Å²) in [6, 6.07) is 0. The van der Waals surface area contributed by atoms with Gasteiger partial charge in [-0.15, -0.1) is 11.3 Å². The van der Waals surface area contributed by atoms with Crippen molar-refractivity contribution in [1.29, 1.82) is 0 Å². The summed E-state index contributed by atoms with van der Waals surface area (Å²) in [4.78, 5) is 14.4. The Labute approximate surface area is 86.2 Å². The molecule has 0 aliphatic heterocycles. The summed E-state index contributed by atoms with van der Waals surface area (Å²) in [5.74, 6) is -0.227. The molecule has 78 valence electrons. The number of rotatable bonds is 4. The predicted octanol–water partition coefficient (Wildman–Crippen LogP) is 0.319. The topological polar surface area (TPSA) is 76.1 Å². The van der Waals surface area contributed by atoms with Gasteiger partial charge in [-0.1, -0.05) is 0 Å². The molecule has 0 radical (unpaired) electrons. The summed E-state index contributed by atoms with van der Waals surface area (Å²) in [6.07, 6.45) is 1.28. The largest absolute Gasteiger partial charge is 0.299 e. The second-order valence-electron chi connectivity index (χ2n) is 2.72. The van der Waals surface area contributed by atoms with E-state index in [1.165, 1.54) is 13.1 Å². The third-order valence-corrected chi connectivity index (χ3v) is 4.15. The number of aryl methyl sites for hydroxylation is 1. The molecule has 0 atom stereocenters. The van der Waals surface area contributed by atoms with E-state index in [0.29, 0.717) is 5.01 Å². The molecule has 7 heteroatoms. The molecule has 0 fully saturated rings. The van der Waals surface area contributed by atoms with Crippen molar-refractivity contribution in [2.75, 3.05) is 6.54 Å².